The maximum atomic E-state index is 12.4. The smallest absolute Gasteiger partial charge is 0.242 e. The van der Waals surface area contributed by atoms with E-state index in [0.29, 0.717) is 12.2 Å². The molecule has 1 aliphatic heterocycles. The van der Waals surface area contributed by atoms with Gasteiger partial charge in [0.1, 0.15) is 24.4 Å². The normalized spacial score (nSPS) is 14.2. The molecule has 1 fully saturated rings. The molecule has 0 aliphatic carbocycles. The molecule has 1 N–H and O–H groups in total. The number of benzene rings is 1. The average Bonchev–Trinajstić information content (AvgIpc) is 3.16. The van der Waals surface area contributed by atoms with Gasteiger partial charge in [0.2, 0.25) is 5.91 Å². The Morgan fingerprint density at radius 1 is 1.21 bits per heavy atom. The van der Waals surface area contributed by atoms with Crippen LogP contribution in [0.25, 0.3) is 11.0 Å². The van der Waals surface area contributed by atoms with E-state index in [4.69, 9.17) is 4.74 Å². The molecule has 8 heteroatoms. The zero-order valence-corrected chi connectivity index (χ0v) is 16.0. The van der Waals surface area contributed by atoms with Crippen LogP contribution in [0.3, 0.4) is 0 Å². The van der Waals surface area contributed by atoms with Crippen LogP contribution in [-0.2, 0) is 17.9 Å². The van der Waals surface area contributed by atoms with E-state index in [1.807, 2.05) is 24.3 Å². The van der Waals surface area contributed by atoms with Crippen LogP contribution in [0.1, 0.15) is 24.8 Å². The first-order valence-corrected chi connectivity index (χ1v) is 9.55. The Balaban J connectivity index is 1.45. The summed E-state index contributed by atoms with van der Waals surface area (Å²) in [5, 5.41) is 8.20. The molecule has 1 saturated heterocycles. The number of carbonyl (C=O) groups is 1. The topological polar surface area (TPSA) is 85.2 Å². The van der Waals surface area contributed by atoms with E-state index in [2.05, 4.69) is 25.3 Å². The summed E-state index contributed by atoms with van der Waals surface area (Å²) in [7, 11) is 1.63. The second kappa shape index (κ2) is 8.24. The lowest BCUT2D eigenvalue weighted by molar-refractivity contribution is -0.121. The van der Waals surface area contributed by atoms with Crippen molar-refractivity contribution in [2.45, 2.75) is 32.4 Å². The summed E-state index contributed by atoms with van der Waals surface area (Å²) < 4.78 is 6.84. The predicted molar refractivity (Wildman–Crippen MR) is 106 cm³/mol. The summed E-state index contributed by atoms with van der Waals surface area (Å²) in [5.41, 5.74) is 1.67. The fourth-order valence-electron chi connectivity index (χ4n) is 3.53. The second-order valence-corrected chi connectivity index (χ2v) is 6.91. The SMILES string of the molecule is COc1cccc(CNC(=O)Cn2ncc3c(N4CCCCC4)ncnc32)c1. The molecule has 3 heterocycles. The van der Waals surface area contributed by atoms with E-state index in [0.717, 1.165) is 35.6 Å². The van der Waals surface area contributed by atoms with Crippen molar-refractivity contribution in [1.82, 2.24) is 25.1 Å². The van der Waals surface area contributed by atoms with Gasteiger partial charge in [0, 0.05) is 19.6 Å². The molecule has 1 aliphatic rings. The van der Waals surface area contributed by atoms with Crippen molar-refractivity contribution in [2.24, 2.45) is 0 Å². The number of fused-ring (bicyclic) bond motifs is 1. The highest BCUT2D eigenvalue weighted by Gasteiger charge is 2.18. The van der Waals surface area contributed by atoms with Crippen molar-refractivity contribution in [3.8, 4) is 5.75 Å². The number of nitrogens with one attached hydrogen (secondary N) is 1. The van der Waals surface area contributed by atoms with Gasteiger partial charge in [-0.25, -0.2) is 14.6 Å². The summed E-state index contributed by atoms with van der Waals surface area (Å²) in [5.74, 6) is 1.56. The van der Waals surface area contributed by atoms with Crippen LogP contribution in [0.4, 0.5) is 5.82 Å². The van der Waals surface area contributed by atoms with E-state index in [-0.39, 0.29) is 12.5 Å². The quantitative estimate of drug-likeness (QED) is 0.705. The molecule has 8 nitrogen and oxygen atoms in total. The summed E-state index contributed by atoms with van der Waals surface area (Å²) in [6.45, 7) is 2.55. The first kappa shape index (κ1) is 18.2. The van der Waals surface area contributed by atoms with E-state index in [9.17, 15) is 4.79 Å². The number of carbonyl (C=O) groups excluding carboxylic acids is 1. The molecule has 1 aromatic carbocycles. The highest BCUT2D eigenvalue weighted by Crippen LogP contribution is 2.25. The van der Waals surface area contributed by atoms with Gasteiger partial charge in [-0.15, -0.1) is 0 Å². The van der Waals surface area contributed by atoms with Crippen molar-refractivity contribution in [3.05, 3.63) is 42.4 Å². The van der Waals surface area contributed by atoms with Gasteiger partial charge in [-0.2, -0.15) is 5.10 Å². The molecule has 0 bridgehead atoms. The number of amides is 1. The summed E-state index contributed by atoms with van der Waals surface area (Å²) in [6, 6.07) is 7.63. The van der Waals surface area contributed by atoms with Crippen molar-refractivity contribution >= 4 is 22.8 Å². The third-order valence-electron chi connectivity index (χ3n) is 4.99. The highest BCUT2D eigenvalue weighted by atomic mass is 16.5. The van der Waals surface area contributed by atoms with Crippen LogP contribution < -0.4 is 15.0 Å². The van der Waals surface area contributed by atoms with E-state index >= 15 is 0 Å². The van der Waals surface area contributed by atoms with Crippen molar-refractivity contribution in [2.75, 3.05) is 25.1 Å². The van der Waals surface area contributed by atoms with Crippen LogP contribution in [0, 0.1) is 0 Å². The van der Waals surface area contributed by atoms with Gasteiger partial charge >= 0.3 is 0 Å². The molecule has 0 spiro atoms. The fraction of sp³-hybridized carbons (Fsp3) is 0.400. The maximum Gasteiger partial charge on any atom is 0.242 e. The van der Waals surface area contributed by atoms with Gasteiger partial charge < -0.3 is 15.0 Å². The molecule has 3 aromatic rings. The Bertz CT molecular complexity index is 964. The maximum absolute atomic E-state index is 12.4. The number of rotatable bonds is 6. The summed E-state index contributed by atoms with van der Waals surface area (Å²) in [4.78, 5) is 23.5. The van der Waals surface area contributed by atoms with Crippen molar-refractivity contribution < 1.29 is 9.53 Å². The Kier molecular flexibility index (Phi) is 5.36. The molecule has 0 radical (unpaired) electrons. The zero-order valence-electron chi connectivity index (χ0n) is 16.0. The minimum Gasteiger partial charge on any atom is -0.497 e. The van der Waals surface area contributed by atoms with Gasteiger partial charge in [0.25, 0.3) is 0 Å². The lowest BCUT2D eigenvalue weighted by Crippen LogP contribution is -2.30. The Hall–Kier alpha value is -3.16. The first-order chi connectivity index (χ1) is 13.7. The molecule has 28 heavy (non-hydrogen) atoms. The van der Waals surface area contributed by atoms with Crippen LogP contribution in [0.2, 0.25) is 0 Å². The second-order valence-electron chi connectivity index (χ2n) is 6.91. The number of methoxy groups -OCH3 is 1. The highest BCUT2D eigenvalue weighted by molar-refractivity contribution is 5.87. The molecule has 0 unspecified atom stereocenters. The number of hydrogen-bond donors (Lipinski definition) is 1. The molecular weight excluding hydrogens is 356 g/mol. The molecule has 0 atom stereocenters. The zero-order chi connectivity index (χ0) is 19.3. The van der Waals surface area contributed by atoms with Crippen LogP contribution >= 0.6 is 0 Å². The summed E-state index contributed by atoms with van der Waals surface area (Å²) >= 11 is 0. The number of anilines is 1. The van der Waals surface area contributed by atoms with Crippen LogP contribution in [0.5, 0.6) is 5.75 Å². The monoisotopic (exact) mass is 380 g/mol. The molecule has 2 aromatic heterocycles. The van der Waals surface area contributed by atoms with Crippen molar-refractivity contribution in [3.63, 3.8) is 0 Å². The molecule has 1 amide bonds. The third kappa shape index (κ3) is 3.90. The van der Waals surface area contributed by atoms with Crippen LogP contribution in [0.15, 0.2) is 36.8 Å². The van der Waals surface area contributed by atoms with Gasteiger partial charge in [0.05, 0.1) is 18.7 Å². The Morgan fingerprint density at radius 3 is 2.89 bits per heavy atom. The Labute approximate surface area is 163 Å². The third-order valence-corrected chi connectivity index (χ3v) is 4.99. The molecular formula is C20H24N6O2. The summed E-state index contributed by atoms with van der Waals surface area (Å²) in [6.07, 6.45) is 6.92. The fourth-order valence-corrected chi connectivity index (χ4v) is 3.53. The minimum absolute atomic E-state index is 0.115. The van der Waals surface area contributed by atoms with E-state index < -0.39 is 0 Å². The first-order valence-electron chi connectivity index (χ1n) is 9.55. The van der Waals surface area contributed by atoms with Crippen LogP contribution in [-0.4, -0.2) is 45.9 Å². The Morgan fingerprint density at radius 2 is 2.07 bits per heavy atom. The van der Waals surface area contributed by atoms with E-state index in [1.54, 1.807) is 24.3 Å². The number of piperidine rings is 1. The lowest BCUT2D eigenvalue weighted by Gasteiger charge is -2.27. The number of aromatic nitrogens is 4. The largest absolute Gasteiger partial charge is 0.497 e. The minimum atomic E-state index is -0.119. The predicted octanol–water partition coefficient (Wildman–Crippen LogP) is 2.14. The van der Waals surface area contributed by atoms with Gasteiger partial charge in [-0.05, 0) is 37.0 Å². The van der Waals surface area contributed by atoms with E-state index in [1.165, 1.54) is 19.3 Å². The molecule has 146 valence electrons. The lowest BCUT2D eigenvalue weighted by atomic mass is 10.1. The van der Waals surface area contributed by atoms with Crippen molar-refractivity contribution in [1.29, 1.82) is 0 Å². The number of hydrogen-bond acceptors (Lipinski definition) is 6. The van der Waals surface area contributed by atoms with Gasteiger partial charge in [-0.1, -0.05) is 12.1 Å². The number of nitrogens with zero attached hydrogens (tertiary/aromatic N) is 5. The van der Waals surface area contributed by atoms with Gasteiger partial charge in [0.15, 0.2) is 5.65 Å². The molecule has 0 saturated carbocycles. The molecule has 4 rings (SSSR count). The standard InChI is InChI=1S/C20H24N6O2/c1-28-16-7-5-6-15(10-16)11-21-18(27)13-26-20-17(12-24-26)19(22-14-23-20)25-8-3-2-4-9-25/h5-7,10,12,14H,2-4,8-9,11,13H2,1H3,(H,21,27). The number of ether oxygens (including phenoxy) is 1. The van der Waals surface area contributed by atoms with Gasteiger partial charge in [-0.3, -0.25) is 4.79 Å². The average molecular weight is 380 g/mol.